The van der Waals surface area contributed by atoms with Crippen molar-refractivity contribution in [1.29, 1.82) is 0 Å². The number of aliphatic hydroxyl groups excluding tert-OH is 1. The summed E-state index contributed by atoms with van der Waals surface area (Å²) in [6, 6.07) is 5.29. The van der Waals surface area contributed by atoms with Gasteiger partial charge < -0.3 is 9.63 Å². The van der Waals surface area contributed by atoms with Crippen LogP contribution >= 0.6 is 27.5 Å². The van der Waals surface area contributed by atoms with Crippen LogP contribution in [-0.4, -0.2) is 15.2 Å². The second kappa shape index (κ2) is 4.53. The number of nitrogens with zero attached hydrogens (tertiary/aromatic N) is 2. The first-order chi connectivity index (χ1) is 7.56. The van der Waals surface area contributed by atoms with E-state index in [1.807, 2.05) is 6.07 Å². The first-order valence-corrected chi connectivity index (χ1v) is 5.71. The zero-order valence-electron chi connectivity index (χ0n) is 8.32. The molecule has 2 rings (SSSR count). The summed E-state index contributed by atoms with van der Waals surface area (Å²) in [7, 11) is 0. The fraction of sp³-hybridized carbons (Fsp3) is 0.200. The molecule has 0 aliphatic rings. The quantitative estimate of drug-likeness (QED) is 0.925. The molecule has 1 aromatic heterocycles. The minimum atomic E-state index is -0.750. The second-order valence-corrected chi connectivity index (χ2v) is 4.64. The number of hydrogen-bond acceptors (Lipinski definition) is 4. The number of hydrogen-bond donors (Lipinski definition) is 1. The van der Waals surface area contributed by atoms with Crippen molar-refractivity contribution in [3.8, 4) is 11.5 Å². The third-order valence-corrected chi connectivity index (χ3v) is 2.60. The van der Waals surface area contributed by atoms with Gasteiger partial charge in [0.15, 0.2) is 5.82 Å². The van der Waals surface area contributed by atoms with Crippen LogP contribution in [0.15, 0.2) is 27.2 Å². The number of halogens is 2. The van der Waals surface area contributed by atoms with Gasteiger partial charge in [0.1, 0.15) is 6.10 Å². The van der Waals surface area contributed by atoms with Gasteiger partial charge in [0.2, 0.25) is 0 Å². The molecule has 84 valence electrons. The van der Waals surface area contributed by atoms with Crippen LogP contribution in [0.4, 0.5) is 0 Å². The van der Waals surface area contributed by atoms with E-state index in [1.165, 1.54) is 0 Å². The Morgan fingerprint density at radius 2 is 2.19 bits per heavy atom. The van der Waals surface area contributed by atoms with Gasteiger partial charge in [-0.3, -0.25) is 0 Å². The summed E-state index contributed by atoms with van der Waals surface area (Å²) >= 11 is 9.22. The SMILES string of the molecule is CC(O)c1noc(-c2cc(Cl)cc(Br)c2)n1. The molecule has 0 saturated carbocycles. The lowest BCUT2D eigenvalue weighted by Crippen LogP contribution is -1.92. The third kappa shape index (κ3) is 2.42. The van der Waals surface area contributed by atoms with Crippen molar-refractivity contribution in [3.63, 3.8) is 0 Å². The number of rotatable bonds is 2. The van der Waals surface area contributed by atoms with E-state index in [2.05, 4.69) is 26.1 Å². The molecule has 0 amide bonds. The summed E-state index contributed by atoms with van der Waals surface area (Å²) < 4.78 is 5.85. The molecule has 0 radical (unpaired) electrons. The van der Waals surface area contributed by atoms with Crippen LogP contribution in [0.25, 0.3) is 11.5 Å². The zero-order chi connectivity index (χ0) is 11.7. The van der Waals surface area contributed by atoms with Crippen molar-refractivity contribution >= 4 is 27.5 Å². The van der Waals surface area contributed by atoms with Crippen LogP contribution in [0.2, 0.25) is 5.02 Å². The molecule has 0 bridgehead atoms. The van der Waals surface area contributed by atoms with Gasteiger partial charge in [0.05, 0.1) is 0 Å². The van der Waals surface area contributed by atoms with E-state index in [4.69, 9.17) is 16.1 Å². The van der Waals surface area contributed by atoms with E-state index in [1.54, 1.807) is 19.1 Å². The average molecular weight is 304 g/mol. The largest absolute Gasteiger partial charge is 0.385 e. The Kier molecular flexibility index (Phi) is 3.28. The molecular formula is C10H8BrClN2O2. The standard InChI is InChI=1S/C10H8BrClN2O2/c1-5(15)9-13-10(16-14-9)6-2-7(11)4-8(12)3-6/h2-5,15H,1H3. The highest BCUT2D eigenvalue weighted by atomic mass is 79.9. The highest BCUT2D eigenvalue weighted by Gasteiger charge is 2.13. The Labute approximate surface area is 105 Å². The summed E-state index contributed by atoms with van der Waals surface area (Å²) in [4.78, 5) is 4.05. The monoisotopic (exact) mass is 302 g/mol. The van der Waals surface area contributed by atoms with Crippen LogP contribution < -0.4 is 0 Å². The molecule has 1 atom stereocenters. The Bertz CT molecular complexity index is 493. The summed E-state index contributed by atoms with van der Waals surface area (Å²) in [6.07, 6.45) is -0.750. The Balaban J connectivity index is 2.42. The number of benzene rings is 1. The van der Waals surface area contributed by atoms with Gasteiger partial charge in [-0.15, -0.1) is 0 Å². The maximum atomic E-state index is 9.27. The van der Waals surface area contributed by atoms with Gasteiger partial charge >= 0.3 is 0 Å². The molecule has 16 heavy (non-hydrogen) atoms. The molecule has 0 aliphatic carbocycles. The molecule has 4 nitrogen and oxygen atoms in total. The van der Waals surface area contributed by atoms with Gasteiger partial charge in [-0.1, -0.05) is 32.7 Å². The van der Waals surface area contributed by atoms with E-state index in [9.17, 15) is 5.11 Å². The van der Waals surface area contributed by atoms with Gasteiger partial charge in [0, 0.05) is 15.1 Å². The van der Waals surface area contributed by atoms with E-state index < -0.39 is 6.10 Å². The average Bonchev–Trinajstić information content (AvgIpc) is 2.64. The maximum absolute atomic E-state index is 9.27. The predicted octanol–water partition coefficient (Wildman–Crippen LogP) is 3.21. The molecule has 1 unspecified atom stereocenters. The zero-order valence-corrected chi connectivity index (χ0v) is 10.7. The van der Waals surface area contributed by atoms with Gasteiger partial charge in [-0.25, -0.2) is 0 Å². The van der Waals surface area contributed by atoms with Crippen LogP contribution in [0.3, 0.4) is 0 Å². The first kappa shape index (κ1) is 11.6. The Morgan fingerprint density at radius 3 is 2.75 bits per heavy atom. The highest BCUT2D eigenvalue weighted by molar-refractivity contribution is 9.10. The predicted molar refractivity (Wildman–Crippen MR) is 63.1 cm³/mol. The van der Waals surface area contributed by atoms with Crippen LogP contribution in [0.5, 0.6) is 0 Å². The summed E-state index contributed by atoms with van der Waals surface area (Å²) in [5, 5.41) is 13.5. The molecule has 0 spiro atoms. The molecule has 0 fully saturated rings. The first-order valence-electron chi connectivity index (χ1n) is 4.54. The lowest BCUT2D eigenvalue weighted by Gasteiger charge is -1.97. The fourth-order valence-electron chi connectivity index (χ4n) is 1.20. The lowest BCUT2D eigenvalue weighted by molar-refractivity contribution is 0.184. The van der Waals surface area contributed by atoms with Crippen molar-refractivity contribution < 1.29 is 9.63 Å². The summed E-state index contributed by atoms with van der Waals surface area (Å²) in [6.45, 7) is 1.57. The van der Waals surface area contributed by atoms with Crippen molar-refractivity contribution in [2.45, 2.75) is 13.0 Å². The summed E-state index contributed by atoms with van der Waals surface area (Å²) in [5.41, 5.74) is 0.707. The van der Waals surface area contributed by atoms with Crippen molar-refractivity contribution in [2.24, 2.45) is 0 Å². The van der Waals surface area contributed by atoms with Crippen molar-refractivity contribution in [2.75, 3.05) is 0 Å². The van der Waals surface area contributed by atoms with Gasteiger partial charge in [-0.05, 0) is 25.1 Å². The molecule has 1 aromatic carbocycles. The van der Waals surface area contributed by atoms with Crippen LogP contribution in [-0.2, 0) is 0 Å². The molecule has 0 saturated heterocycles. The normalized spacial score (nSPS) is 12.8. The Morgan fingerprint density at radius 1 is 1.44 bits per heavy atom. The minimum Gasteiger partial charge on any atom is -0.385 e. The molecule has 6 heteroatoms. The van der Waals surface area contributed by atoms with E-state index >= 15 is 0 Å². The molecule has 1 heterocycles. The molecule has 0 aliphatic heterocycles. The maximum Gasteiger partial charge on any atom is 0.258 e. The topological polar surface area (TPSA) is 59.2 Å². The van der Waals surface area contributed by atoms with Gasteiger partial charge in [0.25, 0.3) is 5.89 Å². The number of aromatic nitrogens is 2. The Hall–Kier alpha value is -0.910. The second-order valence-electron chi connectivity index (χ2n) is 3.29. The number of aliphatic hydroxyl groups is 1. The van der Waals surface area contributed by atoms with E-state index in [-0.39, 0.29) is 5.82 Å². The van der Waals surface area contributed by atoms with Crippen molar-refractivity contribution in [1.82, 2.24) is 10.1 Å². The van der Waals surface area contributed by atoms with Gasteiger partial charge in [-0.2, -0.15) is 4.98 Å². The molecule has 2 aromatic rings. The highest BCUT2D eigenvalue weighted by Crippen LogP contribution is 2.26. The molecule has 1 N–H and O–H groups in total. The smallest absolute Gasteiger partial charge is 0.258 e. The summed E-state index contributed by atoms with van der Waals surface area (Å²) in [5.74, 6) is 0.588. The van der Waals surface area contributed by atoms with Crippen LogP contribution in [0, 0.1) is 0 Å². The molecular weight excluding hydrogens is 295 g/mol. The van der Waals surface area contributed by atoms with E-state index in [0.717, 1.165) is 4.47 Å². The third-order valence-electron chi connectivity index (χ3n) is 1.92. The fourth-order valence-corrected chi connectivity index (χ4v) is 2.06. The van der Waals surface area contributed by atoms with Crippen molar-refractivity contribution in [3.05, 3.63) is 33.5 Å². The van der Waals surface area contributed by atoms with Crippen LogP contribution in [0.1, 0.15) is 18.9 Å². The lowest BCUT2D eigenvalue weighted by atomic mass is 10.2. The van der Waals surface area contributed by atoms with E-state index in [0.29, 0.717) is 16.5 Å². The minimum absolute atomic E-state index is 0.256.